The highest BCUT2D eigenvalue weighted by molar-refractivity contribution is 8.25. The van der Waals surface area contributed by atoms with Crippen LogP contribution in [0.4, 0.5) is 0 Å². The largest absolute Gasteiger partial charge is 0.0776 e. The molecule has 0 aliphatic rings. The summed E-state index contributed by atoms with van der Waals surface area (Å²) >= 11 is 8.66. The van der Waals surface area contributed by atoms with Crippen molar-refractivity contribution in [2.24, 2.45) is 0 Å². The van der Waals surface area contributed by atoms with Crippen LogP contribution in [0.1, 0.15) is 119 Å². The second-order valence-corrected chi connectivity index (χ2v) is 5.69. The van der Waals surface area contributed by atoms with Gasteiger partial charge in [-0.05, 0) is 14.1 Å². The van der Waals surface area contributed by atoms with Crippen LogP contribution in [-0.4, -0.2) is 0 Å². The predicted molar refractivity (Wildman–Crippen MR) is 156 cm³/mol. The molecule has 2 atom stereocenters. The summed E-state index contributed by atoms with van der Waals surface area (Å²) in [6.07, 6.45) is 0. The van der Waals surface area contributed by atoms with Gasteiger partial charge < -0.3 is 0 Å². The Labute approximate surface area is 174 Å². The predicted octanol–water partition coefficient (Wildman–Crippen LogP) is 12.5. The molecule has 0 aromatic rings. The average molecular weight is 449 g/mol. The molecule has 164 valence electrons. The zero-order valence-corrected chi connectivity index (χ0v) is 8.60. The maximum absolute atomic E-state index is 4.33. The summed E-state index contributed by atoms with van der Waals surface area (Å²) < 4.78 is 0. The Hall–Kier alpha value is 1.90. The number of hydrogen-bond donors (Lipinski definition) is 0. The van der Waals surface area contributed by atoms with E-state index in [4.69, 9.17) is 0 Å². The van der Waals surface area contributed by atoms with Crippen LogP contribution in [0.15, 0.2) is 0 Å². The molecule has 0 nitrogen and oxygen atoms in total. The van der Waals surface area contributed by atoms with E-state index in [2.05, 4.69) is 41.5 Å². The molecule has 0 spiro atoms. The Morgan fingerprint density at radius 1 is 0.318 bits per heavy atom. The van der Waals surface area contributed by atoms with Gasteiger partial charge in [-0.15, -0.1) is 0 Å². The highest BCUT2D eigenvalue weighted by Crippen LogP contribution is 2.00. The summed E-state index contributed by atoms with van der Waals surface area (Å²) in [5.74, 6) is 0. The maximum Gasteiger partial charge on any atom is -0.00558 e. The van der Waals surface area contributed by atoms with E-state index in [0.29, 0.717) is 0 Å². The van der Waals surface area contributed by atoms with Gasteiger partial charge in [0, 0.05) is 0 Å². The lowest BCUT2D eigenvalue weighted by atomic mass is 12.0. The molecule has 0 saturated heterocycles. The van der Waals surface area contributed by atoms with Gasteiger partial charge in [-0.2, -0.15) is 0 Å². The van der Waals surface area contributed by atoms with Crippen molar-refractivity contribution in [1.29, 1.82) is 0 Å². The Balaban J connectivity index is -0.000000000526. The topological polar surface area (TPSA) is 0 Å². The molecule has 22 heavy (non-hydrogen) atoms. The normalized spacial score (nSPS) is 1.91. The lowest BCUT2D eigenvalue weighted by Gasteiger charge is -1.26. The van der Waals surface area contributed by atoms with Crippen LogP contribution in [0.3, 0.4) is 0 Å². The molecule has 0 radical (unpaired) electrons. The molecule has 0 amide bonds. The van der Waals surface area contributed by atoms with E-state index in [1.54, 1.807) is 0 Å². The lowest BCUT2D eigenvalue weighted by molar-refractivity contribution is 2.50. The van der Waals surface area contributed by atoms with Crippen molar-refractivity contribution in [3.05, 3.63) is 0 Å². The van der Waals surface area contributed by atoms with Crippen molar-refractivity contribution < 1.29 is 0 Å². The number of hydrogen-bond acceptors (Lipinski definition) is 2. The van der Waals surface area contributed by atoms with E-state index in [-0.39, 0.29) is 119 Å². The van der Waals surface area contributed by atoms with Crippen LogP contribution in [-0.2, 0) is 23.6 Å². The van der Waals surface area contributed by atoms with Crippen molar-refractivity contribution >= 4 is 55.6 Å². The average Bonchev–Trinajstić information content (AvgIpc) is 1.39. The van der Waals surface area contributed by atoms with Crippen LogP contribution in [0.2, 0.25) is 0 Å². The third kappa shape index (κ3) is 2650. The van der Waals surface area contributed by atoms with Gasteiger partial charge in [0.05, 0.1) is 0 Å². The molecule has 0 fully saturated rings. The molecule has 0 aliphatic heterocycles. The van der Waals surface area contributed by atoms with E-state index in [0.717, 1.165) is 14.1 Å². The Morgan fingerprint density at radius 2 is 0.318 bits per heavy atom. The smallest absolute Gasteiger partial charge is 0.00558 e. The summed E-state index contributed by atoms with van der Waals surface area (Å²) in [7, 11) is 6.56. The first kappa shape index (κ1) is 360. The zero-order valence-electron chi connectivity index (χ0n) is 2.87. The minimum absolute atomic E-state index is 0. The van der Waals surface area contributed by atoms with Gasteiger partial charge in [-0.3, -0.25) is 0 Å². The van der Waals surface area contributed by atoms with Crippen molar-refractivity contribution in [2.45, 2.75) is 119 Å². The van der Waals surface area contributed by atoms with E-state index >= 15 is 0 Å². The van der Waals surface area contributed by atoms with Crippen LogP contribution in [0, 0.1) is 0 Å². The molecule has 0 N–H and O–H groups in total. The van der Waals surface area contributed by atoms with Gasteiger partial charge in [0.15, 0.2) is 0 Å². The molecular weight excluding hydrogens is 380 g/mol. The van der Waals surface area contributed by atoms with Crippen molar-refractivity contribution in [1.82, 2.24) is 0 Å². The molecular formula is C16H68P4S2. The van der Waals surface area contributed by atoms with Gasteiger partial charge in [-0.25, -0.2) is 0 Å². The fourth-order valence-electron chi connectivity index (χ4n) is 0. The van der Waals surface area contributed by atoms with Gasteiger partial charge in [0.25, 0.3) is 0 Å². The maximum atomic E-state index is 4.33. The van der Waals surface area contributed by atoms with E-state index < -0.39 is 0 Å². The summed E-state index contributed by atoms with van der Waals surface area (Å²) in [6, 6.07) is 0. The minimum atomic E-state index is 0. The fraction of sp³-hybridized carbons (Fsp3) is 1.00. The molecule has 6 heteroatoms. The molecule has 0 saturated carbocycles. The van der Waals surface area contributed by atoms with Crippen molar-refractivity contribution in [3.8, 4) is 0 Å². The van der Waals surface area contributed by atoms with E-state index in [1.807, 2.05) is 0 Å². The monoisotopic (exact) mass is 448 g/mol. The van der Waals surface area contributed by atoms with Gasteiger partial charge in [-0.1, -0.05) is 160 Å². The number of rotatable bonds is 0. The Morgan fingerprint density at radius 3 is 0.318 bits per heavy atom. The first-order chi connectivity index (χ1) is 2.83. The van der Waals surface area contributed by atoms with E-state index in [1.165, 1.54) is 0 Å². The summed E-state index contributed by atoms with van der Waals surface area (Å²) in [5.41, 5.74) is 0. The van der Waals surface area contributed by atoms with Crippen LogP contribution in [0.25, 0.3) is 0 Å². The molecule has 0 aliphatic carbocycles. The third-order valence-electron chi connectivity index (χ3n) is 0. The summed E-state index contributed by atoms with van der Waals surface area (Å²) in [4.78, 5) is 0. The molecule has 2 unspecified atom stereocenters. The Bertz CT molecular complexity index is 45.1. The quantitative estimate of drug-likeness (QED) is 0.338. The van der Waals surface area contributed by atoms with E-state index in [9.17, 15) is 0 Å². The summed E-state index contributed by atoms with van der Waals surface area (Å²) in [5, 5.41) is 0. The highest BCUT2D eigenvalue weighted by Gasteiger charge is 1.19. The minimum Gasteiger partial charge on any atom is -0.0776 e. The van der Waals surface area contributed by atoms with Crippen molar-refractivity contribution in [3.63, 3.8) is 0 Å². The summed E-state index contributed by atoms with van der Waals surface area (Å²) in [6.45, 7) is 0. The second-order valence-electron chi connectivity index (χ2n) is 0.211. The lowest BCUT2D eigenvalue weighted by Crippen LogP contribution is -0.621. The van der Waals surface area contributed by atoms with Crippen LogP contribution in [0.5, 0.6) is 0 Å². The van der Waals surface area contributed by atoms with Gasteiger partial charge in [0.1, 0.15) is 0 Å². The highest BCUT2D eigenvalue weighted by atomic mass is 32.6. The molecule has 0 rings (SSSR count). The fourth-order valence-corrected chi connectivity index (χ4v) is 0. The van der Waals surface area contributed by atoms with Crippen LogP contribution < -0.4 is 0 Å². The van der Waals surface area contributed by atoms with Gasteiger partial charge in [0.2, 0.25) is 0 Å². The third-order valence-corrected chi connectivity index (χ3v) is 0. The zero-order chi connectivity index (χ0) is 5.41. The Kier molecular flexibility index (Phi) is 11800. The molecule has 0 heterocycles. The molecule has 0 bridgehead atoms. The molecule has 0 aromatic heterocycles. The standard InChI is InChI=1S/16CH4.2H2P2S/c;;;;;;;;;;;;;;;;2*1-2-3/h16*1H4;2*1H2. The first-order valence-electron chi connectivity index (χ1n) is 0.882. The molecule has 0 aromatic carbocycles. The van der Waals surface area contributed by atoms with Crippen molar-refractivity contribution in [2.75, 3.05) is 0 Å². The SMILES string of the molecule is C.C.C.C.C.C.C.C.C.C.C.C.C.C.C.C.PP=S.PP=S. The second kappa shape index (κ2) is 722. The van der Waals surface area contributed by atoms with Crippen LogP contribution >= 0.6 is 31.9 Å². The van der Waals surface area contributed by atoms with Gasteiger partial charge >= 0.3 is 0 Å². The first-order valence-corrected chi connectivity index (χ1v) is 7.93.